The maximum Gasteiger partial charge on any atom is 0.374 e. The van der Waals surface area contributed by atoms with E-state index in [1.807, 2.05) is 4.90 Å². The Kier molecular flexibility index (Phi) is 5.31. The summed E-state index contributed by atoms with van der Waals surface area (Å²) in [5.74, 6) is -0.363. The molecule has 11 heteroatoms. The molecule has 0 bridgehead atoms. The van der Waals surface area contributed by atoms with Crippen LogP contribution >= 0.6 is 0 Å². The Morgan fingerprint density at radius 2 is 1.93 bits per heavy atom. The largest absolute Gasteiger partial charge is 0.460 e. The fraction of sp³-hybridized carbons (Fsp3) is 0.316. The Morgan fingerprint density at radius 3 is 2.67 bits per heavy atom. The average molecular weight is 432 g/mol. The van der Waals surface area contributed by atoms with Gasteiger partial charge in [0.15, 0.2) is 0 Å². The van der Waals surface area contributed by atoms with Gasteiger partial charge in [0, 0.05) is 38.4 Å². The van der Waals surface area contributed by atoms with Crippen LogP contribution in [0.15, 0.2) is 56.9 Å². The minimum absolute atomic E-state index is 0.158. The summed E-state index contributed by atoms with van der Waals surface area (Å²) in [6.07, 6.45) is 1.65. The second-order valence-electron chi connectivity index (χ2n) is 6.61. The zero-order chi connectivity index (χ0) is 21.3. The van der Waals surface area contributed by atoms with E-state index in [9.17, 15) is 18.0 Å². The highest BCUT2D eigenvalue weighted by atomic mass is 32.2. The fourth-order valence-corrected chi connectivity index (χ4v) is 4.59. The molecule has 4 heterocycles. The normalized spacial score (nSPS) is 15.4. The molecule has 0 saturated carbocycles. The molecule has 0 radical (unpaired) electrons. The van der Waals surface area contributed by atoms with Crippen molar-refractivity contribution in [3.63, 3.8) is 0 Å². The van der Waals surface area contributed by atoms with Crippen molar-refractivity contribution in [1.82, 2.24) is 13.7 Å². The van der Waals surface area contributed by atoms with Crippen molar-refractivity contribution in [2.45, 2.75) is 12.0 Å². The van der Waals surface area contributed by atoms with Gasteiger partial charge in [-0.15, -0.1) is 0 Å². The molecule has 1 aliphatic rings. The molecule has 0 aliphatic carbocycles. The number of hydrogen-bond donors (Lipinski definition) is 0. The molecular weight excluding hydrogens is 412 g/mol. The summed E-state index contributed by atoms with van der Waals surface area (Å²) in [5, 5.41) is -0.305. The standard InChI is InChI=1S/C19H20N4O6S/c1-2-28-19(25)14-6-7-18(29-14)30(26,27)22-11-9-21(10-12-22)16-13-17(24)23-8-4-3-5-15(23)20-16/h3-8,13H,2,9-12H2,1H3. The van der Waals surface area contributed by atoms with Crippen molar-refractivity contribution in [2.75, 3.05) is 37.7 Å². The topological polar surface area (TPSA) is 114 Å². The number of hydrogen-bond acceptors (Lipinski definition) is 8. The van der Waals surface area contributed by atoms with Gasteiger partial charge in [0.1, 0.15) is 11.5 Å². The summed E-state index contributed by atoms with van der Waals surface area (Å²) >= 11 is 0. The van der Waals surface area contributed by atoms with Crippen LogP contribution in [0.25, 0.3) is 5.65 Å². The minimum atomic E-state index is -3.89. The first kappa shape index (κ1) is 20.1. The Hall–Kier alpha value is -3.18. The van der Waals surface area contributed by atoms with Gasteiger partial charge in [-0.3, -0.25) is 9.20 Å². The maximum atomic E-state index is 12.8. The van der Waals surface area contributed by atoms with E-state index in [0.29, 0.717) is 24.6 Å². The van der Waals surface area contributed by atoms with Crippen LogP contribution in [0.5, 0.6) is 0 Å². The van der Waals surface area contributed by atoms with Gasteiger partial charge >= 0.3 is 5.97 Å². The number of anilines is 1. The summed E-state index contributed by atoms with van der Waals surface area (Å²) in [4.78, 5) is 30.4. The molecule has 0 unspecified atom stereocenters. The average Bonchev–Trinajstić information content (AvgIpc) is 3.25. The molecule has 0 spiro atoms. The smallest absolute Gasteiger partial charge is 0.374 e. The Balaban J connectivity index is 1.49. The number of pyridine rings is 1. The lowest BCUT2D eigenvalue weighted by Gasteiger charge is -2.34. The van der Waals surface area contributed by atoms with Crippen molar-refractivity contribution in [3.8, 4) is 0 Å². The number of fused-ring (bicyclic) bond motifs is 1. The van der Waals surface area contributed by atoms with Gasteiger partial charge in [-0.2, -0.15) is 4.31 Å². The maximum absolute atomic E-state index is 12.8. The van der Waals surface area contributed by atoms with Gasteiger partial charge in [0.25, 0.3) is 15.6 Å². The van der Waals surface area contributed by atoms with E-state index in [1.54, 1.807) is 31.3 Å². The van der Waals surface area contributed by atoms with E-state index in [2.05, 4.69) is 4.98 Å². The van der Waals surface area contributed by atoms with E-state index in [-0.39, 0.29) is 36.1 Å². The number of carbonyl (C=O) groups excluding carboxylic acids is 1. The van der Waals surface area contributed by atoms with E-state index in [4.69, 9.17) is 9.15 Å². The van der Waals surface area contributed by atoms with Crippen molar-refractivity contribution >= 4 is 27.5 Å². The SMILES string of the molecule is CCOC(=O)c1ccc(S(=O)(=O)N2CCN(c3cc(=O)n4ccccc4n3)CC2)o1. The molecule has 1 fully saturated rings. The monoisotopic (exact) mass is 432 g/mol. The Bertz CT molecular complexity index is 1240. The lowest BCUT2D eigenvalue weighted by molar-refractivity contribution is 0.0483. The second kappa shape index (κ2) is 7.92. The molecule has 4 rings (SSSR count). The molecule has 10 nitrogen and oxygen atoms in total. The summed E-state index contributed by atoms with van der Waals surface area (Å²) in [6, 6.07) is 9.26. The number of piperazine rings is 1. The highest BCUT2D eigenvalue weighted by Crippen LogP contribution is 2.22. The molecule has 3 aromatic rings. The van der Waals surface area contributed by atoms with Gasteiger partial charge in [0.05, 0.1) is 6.61 Å². The van der Waals surface area contributed by atoms with Crippen molar-refractivity contribution in [3.05, 3.63) is 58.7 Å². The van der Waals surface area contributed by atoms with Crippen LogP contribution in [0, 0.1) is 0 Å². The van der Waals surface area contributed by atoms with Crippen LogP contribution < -0.4 is 10.5 Å². The molecular formula is C19H20N4O6S. The molecule has 1 saturated heterocycles. The third-order valence-electron chi connectivity index (χ3n) is 4.77. The quantitative estimate of drug-likeness (QED) is 0.548. The van der Waals surface area contributed by atoms with Gasteiger partial charge in [-0.25, -0.2) is 18.2 Å². The zero-order valence-corrected chi connectivity index (χ0v) is 17.0. The molecule has 0 amide bonds. The number of esters is 1. The summed E-state index contributed by atoms with van der Waals surface area (Å²) in [5.41, 5.74) is 0.324. The predicted molar refractivity (Wildman–Crippen MR) is 107 cm³/mol. The van der Waals surface area contributed by atoms with Crippen molar-refractivity contribution in [2.24, 2.45) is 0 Å². The van der Waals surface area contributed by atoms with Crippen LogP contribution in [-0.4, -0.2) is 60.9 Å². The number of sulfonamides is 1. The first-order valence-electron chi connectivity index (χ1n) is 9.40. The molecule has 0 N–H and O–H groups in total. The number of nitrogens with zero attached hydrogens (tertiary/aromatic N) is 4. The molecule has 1 aliphatic heterocycles. The highest BCUT2D eigenvalue weighted by molar-refractivity contribution is 7.89. The Labute approximate surface area is 172 Å². The zero-order valence-electron chi connectivity index (χ0n) is 16.2. The Morgan fingerprint density at radius 1 is 1.17 bits per heavy atom. The van der Waals surface area contributed by atoms with E-state index in [0.717, 1.165) is 0 Å². The third kappa shape index (κ3) is 3.68. The second-order valence-corrected chi connectivity index (χ2v) is 8.48. The molecule has 0 aromatic carbocycles. The number of aromatic nitrogens is 2. The predicted octanol–water partition coefficient (Wildman–Crippen LogP) is 0.975. The van der Waals surface area contributed by atoms with Crippen LogP contribution in [-0.2, 0) is 14.8 Å². The molecule has 0 atom stereocenters. The van der Waals surface area contributed by atoms with E-state index < -0.39 is 16.0 Å². The van der Waals surface area contributed by atoms with Crippen LogP contribution in [0.1, 0.15) is 17.5 Å². The summed E-state index contributed by atoms with van der Waals surface area (Å²) < 4.78 is 38.5. The fourth-order valence-electron chi connectivity index (χ4n) is 3.26. The highest BCUT2D eigenvalue weighted by Gasteiger charge is 2.32. The minimum Gasteiger partial charge on any atom is -0.460 e. The number of ether oxygens (including phenoxy) is 1. The number of carbonyl (C=O) groups is 1. The summed E-state index contributed by atoms with van der Waals surface area (Å²) in [6.45, 7) is 2.91. The number of rotatable bonds is 5. The molecule has 158 valence electrons. The third-order valence-corrected chi connectivity index (χ3v) is 6.55. The van der Waals surface area contributed by atoms with Crippen molar-refractivity contribution in [1.29, 1.82) is 0 Å². The van der Waals surface area contributed by atoms with Crippen LogP contribution in [0.2, 0.25) is 0 Å². The molecule has 3 aromatic heterocycles. The first-order valence-corrected chi connectivity index (χ1v) is 10.8. The van der Waals surface area contributed by atoms with E-state index >= 15 is 0 Å². The van der Waals surface area contributed by atoms with Crippen LogP contribution in [0.4, 0.5) is 5.82 Å². The van der Waals surface area contributed by atoms with Gasteiger partial charge in [0.2, 0.25) is 10.9 Å². The first-order chi connectivity index (χ1) is 14.4. The lowest BCUT2D eigenvalue weighted by atomic mass is 10.3. The van der Waals surface area contributed by atoms with Crippen molar-refractivity contribution < 1.29 is 22.4 Å². The summed E-state index contributed by atoms with van der Waals surface area (Å²) in [7, 11) is -3.89. The van der Waals surface area contributed by atoms with Gasteiger partial charge in [-0.05, 0) is 31.2 Å². The van der Waals surface area contributed by atoms with Crippen LogP contribution in [0.3, 0.4) is 0 Å². The van der Waals surface area contributed by atoms with E-state index in [1.165, 1.54) is 26.9 Å². The number of furan rings is 1. The lowest BCUT2D eigenvalue weighted by Crippen LogP contribution is -2.49. The van der Waals surface area contributed by atoms with Gasteiger partial charge < -0.3 is 14.1 Å². The van der Waals surface area contributed by atoms with Gasteiger partial charge in [-0.1, -0.05) is 6.07 Å². The molecule has 30 heavy (non-hydrogen) atoms.